The van der Waals surface area contributed by atoms with Crippen molar-refractivity contribution in [1.29, 1.82) is 0 Å². The molecule has 3 rings (SSSR count). The van der Waals surface area contributed by atoms with Crippen molar-refractivity contribution in [3.05, 3.63) is 53.1 Å². The summed E-state index contributed by atoms with van der Waals surface area (Å²) in [6, 6.07) is 5.11. The average molecular weight is 473 g/mol. The van der Waals surface area contributed by atoms with Crippen LogP contribution >= 0.6 is 0 Å². The van der Waals surface area contributed by atoms with E-state index in [9.17, 15) is 18.8 Å². The summed E-state index contributed by atoms with van der Waals surface area (Å²) in [5, 5.41) is 2.55. The molecule has 9 heteroatoms. The summed E-state index contributed by atoms with van der Waals surface area (Å²) in [5.41, 5.74) is 1.68. The van der Waals surface area contributed by atoms with Crippen LogP contribution in [0.25, 0.3) is 0 Å². The number of hydrogen-bond donors (Lipinski definition) is 1. The minimum absolute atomic E-state index is 0.105. The fourth-order valence-corrected chi connectivity index (χ4v) is 3.94. The molecule has 1 amide bonds. The molecule has 34 heavy (non-hydrogen) atoms. The molecule has 0 unspecified atom stereocenters. The van der Waals surface area contributed by atoms with E-state index in [2.05, 4.69) is 10.3 Å². The fourth-order valence-electron chi connectivity index (χ4n) is 3.94. The van der Waals surface area contributed by atoms with Crippen molar-refractivity contribution in [2.45, 2.75) is 64.5 Å². The predicted octanol–water partition coefficient (Wildman–Crippen LogP) is 3.71. The lowest BCUT2D eigenvalue weighted by Gasteiger charge is -2.31. The topological polar surface area (TPSA) is 104 Å². The maximum atomic E-state index is 13.5. The molecule has 0 aliphatic heterocycles. The molecule has 0 fully saturated rings. The van der Waals surface area contributed by atoms with Crippen molar-refractivity contribution in [2.24, 2.45) is 0 Å². The first-order valence-electron chi connectivity index (χ1n) is 11.3. The number of halogens is 1. The zero-order valence-corrected chi connectivity index (χ0v) is 19.7. The van der Waals surface area contributed by atoms with Crippen molar-refractivity contribution in [3.63, 3.8) is 0 Å². The van der Waals surface area contributed by atoms with Gasteiger partial charge in [-0.05, 0) is 49.4 Å². The fraction of sp³-hybridized carbons (Fsp3) is 0.440. The van der Waals surface area contributed by atoms with Gasteiger partial charge in [-0.3, -0.25) is 9.59 Å². The highest BCUT2D eigenvalue weighted by molar-refractivity contribution is 5.98. The third-order valence-electron chi connectivity index (χ3n) is 5.79. The highest BCUT2D eigenvalue weighted by atomic mass is 19.1. The van der Waals surface area contributed by atoms with E-state index in [1.807, 2.05) is 13.8 Å². The number of aryl methyl sites for hydroxylation is 1. The van der Waals surface area contributed by atoms with E-state index in [4.69, 9.17) is 14.2 Å². The molecule has 1 aromatic heterocycles. The molecule has 0 bridgehead atoms. The molecule has 0 spiro atoms. The summed E-state index contributed by atoms with van der Waals surface area (Å²) in [7, 11) is 1.38. The Hall–Kier alpha value is -3.49. The second-order valence-corrected chi connectivity index (χ2v) is 8.26. The summed E-state index contributed by atoms with van der Waals surface area (Å²) in [6.07, 6.45) is 2.83. The molecule has 0 radical (unpaired) electrons. The molecule has 1 aliphatic rings. The predicted molar refractivity (Wildman–Crippen MR) is 121 cm³/mol. The number of pyridine rings is 1. The number of rotatable bonds is 8. The number of nitrogens with zero attached hydrogens (tertiary/aromatic N) is 1. The smallest absolute Gasteiger partial charge is 0.328 e. The van der Waals surface area contributed by atoms with Gasteiger partial charge in [-0.2, -0.15) is 0 Å². The van der Waals surface area contributed by atoms with Gasteiger partial charge in [0, 0.05) is 24.6 Å². The molecule has 1 heterocycles. The largest absolute Gasteiger partial charge is 0.493 e. The third kappa shape index (κ3) is 5.70. The summed E-state index contributed by atoms with van der Waals surface area (Å²) in [5.74, 6) is -2.17. The number of carbonyl (C=O) groups is 3. The highest BCUT2D eigenvalue weighted by Gasteiger charge is 2.32. The highest BCUT2D eigenvalue weighted by Crippen LogP contribution is 2.34. The Morgan fingerprint density at radius 3 is 2.74 bits per heavy atom. The van der Waals surface area contributed by atoms with Crippen LogP contribution in [0, 0.1) is 5.82 Å². The first-order chi connectivity index (χ1) is 16.2. The van der Waals surface area contributed by atoms with Gasteiger partial charge < -0.3 is 19.5 Å². The number of hydrogen-bond acceptors (Lipinski definition) is 7. The number of esters is 2. The molecule has 1 aliphatic carbocycles. The van der Waals surface area contributed by atoms with Crippen molar-refractivity contribution in [3.8, 4) is 11.5 Å². The van der Waals surface area contributed by atoms with Crippen LogP contribution in [-0.4, -0.2) is 42.1 Å². The molecule has 2 aromatic rings. The van der Waals surface area contributed by atoms with Crippen LogP contribution in [-0.2, 0) is 20.7 Å². The maximum Gasteiger partial charge on any atom is 0.328 e. The van der Waals surface area contributed by atoms with E-state index in [0.29, 0.717) is 19.3 Å². The van der Waals surface area contributed by atoms with Crippen molar-refractivity contribution in [1.82, 2.24) is 10.3 Å². The molecule has 8 nitrogen and oxygen atoms in total. The molecular formula is C25H29FN2O6. The number of ether oxygens (including phenoxy) is 3. The minimum Gasteiger partial charge on any atom is -0.493 e. The number of aromatic nitrogens is 1. The lowest BCUT2D eigenvalue weighted by atomic mass is 9.82. The minimum atomic E-state index is -0.985. The SMILES string of the molecule is CCCC(=O)Oc1c(OC)ccnc1C(=O)N[C@@H](C)C(=O)O[C@H]1CCc2cc(F)ccc2[C@@H]1C. The molecule has 3 atom stereocenters. The van der Waals surface area contributed by atoms with E-state index in [-0.39, 0.29) is 35.3 Å². The molecule has 1 N–H and O–H groups in total. The van der Waals surface area contributed by atoms with Crippen LogP contribution in [0.1, 0.15) is 67.6 Å². The van der Waals surface area contributed by atoms with Gasteiger partial charge >= 0.3 is 11.9 Å². The van der Waals surface area contributed by atoms with Crippen LogP contribution < -0.4 is 14.8 Å². The number of fused-ring (bicyclic) bond motifs is 1. The van der Waals surface area contributed by atoms with Gasteiger partial charge in [0.05, 0.1) is 7.11 Å². The van der Waals surface area contributed by atoms with E-state index in [0.717, 1.165) is 11.1 Å². The monoisotopic (exact) mass is 472 g/mol. The Labute approximate surface area is 197 Å². The van der Waals surface area contributed by atoms with Gasteiger partial charge in [0.25, 0.3) is 5.91 Å². The number of nitrogens with one attached hydrogen (secondary N) is 1. The first kappa shape index (κ1) is 25.1. The van der Waals surface area contributed by atoms with Crippen molar-refractivity contribution in [2.75, 3.05) is 7.11 Å². The van der Waals surface area contributed by atoms with Crippen LogP contribution in [0.2, 0.25) is 0 Å². The van der Waals surface area contributed by atoms with Crippen molar-refractivity contribution < 1.29 is 33.0 Å². The number of carbonyl (C=O) groups excluding carboxylic acids is 3. The maximum absolute atomic E-state index is 13.5. The molecule has 182 valence electrons. The van der Waals surface area contributed by atoms with Crippen LogP contribution in [0.3, 0.4) is 0 Å². The number of methoxy groups -OCH3 is 1. The summed E-state index contributed by atoms with van der Waals surface area (Å²) < 4.78 is 29.7. The lowest BCUT2D eigenvalue weighted by molar-refractivity contribution is -0.152. The Bertz CT molecular complexity index is 1070. The summed E-state index contributed by atoms with van der Waals surface area (Å²) in [4.78, 5) is 41.6. The Kier molecular flexibility index (Phi) is 8.20. The Morgan fingerprint density at radius 2 is 2.03 bits per heavy atom. The zero-order valence-electron chi connectivity index (χ0n) is 19.7. The van der Waals surface area contributed by atoms with Crippen molar-refractivity contribution >= 4 is 17.8 Å². The number of benzene rings is 1. The second kappa shape index (κ2) is 11.1. The van der Waals surface area contributed by atoms with Gasteiger partial charge in [0.1, 0.15) is 18.0 Å². The van der Waals surface area contributed by atoms with Crippen LogP contribution in [0.4, 0.5) is 4.39 Å². The zero-order chi connectivity index (χ0) is 24.8. The van der Waals surface area contributed by atoms with E-state index in [1.54, 1.807) is 6.07 Å². The van der Waals surface area contributed by atoms with Gasteiger partial charge in [0.2, 0.25) is 5.75 Å². The van der Waals surface area contributed by atoms with Gasteiger partial charge in [-0.25, -0.2) is 14.2 Å². The first-order valence-corrected chi connectivity index (χ1v) is 11.3. The lowest BCUT2D eigenvalue weighted by Crippen LogP contribution is -2.42. The second-order valence-electron chi connectivity index (χ2n) is 8.26. The van der Waals surface area contributed by atoms with Gasteiger partial charge in [0.15, 0.2) is 11.4 Å². The quantitative estimate of drug-likeness (QED) is 0.584. The third-order valence-corrected chi connectivity index (χ3v) is 5.79. The number of amides is 1. The standard InChI is InChI=1S/C25H29FN2O6/c1-5-6-21(29)34-23-20(32-4)11-12-27-22(23)24(30)28-15(3)25(31)33-19-10-7-16-13-17(26)8-9-18(16)14(19)2/h8-9,11-15,19H,5-7,10H2,1-4H3,(H,28,30)/t14-,15-,19-/m0/s1. The average Bonchev–Trinajstić information content (AvgIpc) is 2.80. The van der Waals surface area contributed by atoms with E-state index in [1.165, 1.54) is 38.4 Å². The molecule has 1 aromatic carbocycles. The Morgan fingerprint density at radius 1 is 1.26 bits per heavy atom. The van der Waals surface area contributed by atoms with Crippen LogP contribution in [0.15, 0.2) is 30.5 Å². The summed E-state index contributed by atoms with van der Waals surface area (Å²) >= 11 is 0. The molecule has 0 saturated heterocycles. The van der Waals surface area contributed by atoms with Gasteiger partial charge in [-0.15, -0.1) is 0 Å². The van der Waals surface area contributed by atoms with Crippen LogP contribution in [0.5, 0.6) is 11.5 Å². The molecular weight excluding hydrogens is 443 g/mol. The Balaban J connectivity index is 1.68. The normalized spacial score (nSPS) is 17.8. The molecule has 0 saturated carbocycles. The van der Waals surface area contributed by atoms with E-state index >= 15 is 0 Å². The summed E-state index contributed by atoms with van der Waals surface area (Å²) in [6.45, 7) is 5.25. The van der Waals surface area contributed by atoms with E-state index < -0.39 is 30.0 Å². The van der Waals surface area contributed by atoms with Gasteiger partial charge in [-0.1, -0.05) is 19.9 Å².